The summed E-state index contributed by atoms with van der Waals surface area (Å²) in [6.07, 6.45) is 4.15. The Bertz CT molecular complexity index is 1060. The van der Waals surface area contributed by atoms with Crippen LogP contribution in [-0.2, 0) is 14.3 Å². The lowest BCUT2D eigenvalue weighted by Crippen LogP contribution is -2.42. The molecule has 0 fully saturated rings. The molecule has 0 saturated carbocycles. The van der Waals surface area contributed by atoms with Crippen LogP contribution in [0.15, 0.2) is 72.3 Å². The van der Waals surface area contributed by atoms with E-state index in [9.17, 15) is 9.59 Å². The summed E-state index contributed by atoms with van der Waals surface area (Å²) < 4.78 is 10.8. The Morgan fingerprint density at radius 2 is 1.78 bits per heavy atom. The number of allylic oxidation sites excluding steroid dienone is 2. The van der Waals surface area contributed by atoms with Crippen LogP contribution in [-0.4, -0.2) is 30.0 Å². The van der Waals surface area contributed by atoms with E-state index in [2.05, 4.69) is 16.9 Å². The van der Waals surface area contributed by atoms with Crippen LogP contribution < -0.4 is 10.1 Å². The van der Waals surface area contributed by atoms with Crippen molar-refractivity contribution in [2.24, 2.45) is 5.92 Å². The number of methoxy groups -OCH3 is 1. The van der Waals surface area contributed by atoms with Crippen molar-refractivity contribution in [1.82, 2.24) is 10.3 Å². The average molecular weight is 433 g/mol. The molecule has 166 valence electrons. The molecule has 3 atom stereocenters. The fraction of sp³-hybridized carbons (Fsp3) is 0.346. The summed E-state index contributed by atoms with van der Waals surface area (Å²) in [4.78, 5) is 30.6. The molecular weight excluding hydrogens is 404 g/mol. The molecule has 6 nitrogen and oxygen atoms in total. The summed E-state index contributed by atoms with van der Waals surface area (Å²) in [6.45, 7) is 7.77. The van der Waals surface area contributed by atoms with Crippen molar-refractivity contribution in [2.45, 2.75) is 44.6 Å². The number of nitrogens with one attached hydrogen (secondary N) is 1. The fourth-order valence-corrected chi connectivity index (χ4v) is 4.68. The number of hydrogen-bond donors (Lipinski definition) is 1. The zero-order valence-corrected chi connectivity index (χ0v) is 18.6. The molecule has 3 unspecified atom stereocenters. The van der Waals surface area contributed by atoms with Crippen molar-refractivity contribution in [3.8, 4) is 5.75 Å². The van der Waals surface area contributed by atoms with E-state index in [4.69, 9.17) is 9.47 Å². The first kappa shape index (κ1) is 21.8. The summed E-state index contributed by atoms with van der Waals surface area (Å²) in [6, 6.07) is 11.5. The predicted octanol–water partition coefficient (Wildman–Crippen LogP) is 4.26. The third-order valence-corrected chi connectivity index (χ3v) is 6.10. The third kappa shape index (κ3) is 4.17. The van der Waals surface area contributed by atoms with E-state index in [1.807, 2.05) is 50.2 Å². The molecule has 0 bridgehead atoms. The Balaban J connectivity index is 1.74. The van der Waals surface area contributed by atoms with Gasteiger partial charge in [0, 0.05) is 41.7 Å². The molecular formula is C26H28N2O4. The molecule has 32 heavy (non-hydrogen) atoms. The van der Waals surface area contributed by atoms with Crippen LogP contribution in [0.1, 0.15) is 49.7 Å². The van der Waals surface area contributed by atoms with E-state index in [1.165, 1.54) is 0 Å². The highest BCUT2D eigenvalue weighted by Gasteiger charge is 2.45. The molecule has 1 aliphatic heterocycles. The Labute approximate surface area is 188 Å². The van der Waals surface area contributed by atoms with Gasteiger partial charge in [-0.2, -0.15) is 0 Å². The number of pyridine rings is 1. The van der Waals surface area contributed by atoms with Crippen LogP contribution in [0.5, 0.6) is 5.75 Å². The summed E-state index contributed by atoms with van der Waals surface area (Å²) in [7, 11) is 1.63. The maximum absolute atomic E-state index is 13.5. The SMILES string of the molecule is C=C1NC2=C(C(=O)CC(c3ccc(OC)cc3)C2)C(c2ccncc2)C1C(=O)OC(C)C. The molecule has 2 aliphatic rings. The van der Waals surface area contributed by atoms with Crippen molar-refractivity contribution in [3.63, 3.8) is 0 Å². The normalized spacial score (nSPS) is 22.9. The molecule has 2 heterocycles. The molecule has 0 spiro atoms. The van der Waals surface area contributed by atoms with Gasteiger partial charge in [-0.1, -0.05) is 18.7 Å². The second kappa shape index (κ2) is 8.99. The first-order valence-corrected chi connectivity index (χ1v) is 10.9. The highest BCUT2D eigenvalue weighted by atomic mass is 16.5. The molecule has 1 aliphatic carbocycles. The number of rotatable bonds is 5. The van der Waals surface area contributed by atoms with Crippen LogP contribution in [0.4, 0.5) is 0 Å². The van der Waals surface area contributed by atoms with Gasteiger partial charge in [0.05, 0.1) is 13.2 Å². The lowest BCUT2D eigenvalue weighted by molar-refractivity contribution is -0.151. The van der Waals surface area contributed by atoms with Gasteiger partial charge in [-0.05, 0) is 61.6 Å². The second-order valence-corrected chi connectivity index (χ2v) is 8.57. The second-order valence-electron chi connectivity index (χ2n) is 8.57. The molecule has 0 saturated heterocycles. The Morgan fingerprint density at radius 1 is 1.09 bits per heavy atom. The smallest absolute Gasteiger partial charge is 0.316 e. The van der Waals surface area contributed by atoms with Gasteiger partial charge in [0.25, 0.3) is 0 Å². The summed E-state index contributed by atoms with van der Waals surface area (Å²) in [5.41, 5.74) is 3.98. The number of nitrogens with zero attached hydrogens (tertiary/aromatic N) is 1. The lowest BCUT2D eigenvalue weighted by Gasteiger charge is -2.40. The highest BCUT2D eigenvalue weighted by molar-refractivity contribution is 6.01. The minimum Gasteiger partial charge on any atom is -0.497 e. The molecule has 6 heteroatoms. The number of carbonyl (C=O) groups is 2. The first-order chi connectivity index (χ1) is 15.4. The maximum atomic E-state index is 13.5. The Morgan fingerprint density at radius 3 is 2.41 bits per heavy atom. The lowest BCUT2D eigenvalue weighted by atomic mass is 9.69. The zero-order chi connectivity index (χ0) is 22.8. The largest absolute Gasteiger partial charge is 0.497 e. The van der Waals surface area contributed by atoms with Gasteiger partial charge in [0.15, 0.2) is 5.78 Å². The molecule has 1 N–H and O–H groups in total. The molecule has 0 radical (unpaired) electrons. The summed E-state index contributed by atoms with van der Waals surface area (Å²) in [5.74, 6) is -0.640. The van der Waals surface area contributed by atoms with E-state index >= 15 is 0 Å². The molecule has 1 aromatic carbocycles. The van der Waals surface area contributed by atoms with Gasteiger partial charge in [0.2, 0.25) is 0 Å². The number of ether oxygens (including phenoxy) is 2. The van der Waals surface area contributed by atoms with E-state index in [1.54, 1.807) is 19.5 Å². The van der Waals surface area contributed by atoms with E-state index in [0.717, 1.165) is 22.6 Å². The van der Waals surface area contributed by atoms with Gasteiger partial charge in [-0.15, -0.1) is 0 Å². The quantitative estimate of drug-likeness (QED) is 0.712. The standard InChI is InChI=1S/C26H28N2O4/c1-15(2)32-26(30)23-16(3)28-21-13-19(17-5-7-20(31-4)8-6-17)14-22(29)25(21)24(23)18-9-11-27-12-10-18/h5-12,15,19,23-24,28H,3,13-14H2,1-2,4H3. The van der Waals surface area contributed by atoms with Crippen LogP contribution >= 0.6 is 0 Å². The van der Waals surface area contributed by atoms with Gasteiger partial charge in [-0.25, -0.2) is 0 Å². The van der Waals surface area contributed by atoms with Crippen molar-refractivity contribution in [3.05, 3.63) is 83.5 Å². The molecule has 1 aromatic heterocycles. The van der Waals surface area contributed by atoms with Gasteiger partial charge >= 0.3 is 5.97 Å². The molecule has 4 rings (SSSR count). The number of carbonyl (C=O) groups excluding carboxylic acids is 2. The van der Waals surface area contributed by atoms with Crippen molar-refractivity contribution >= 4 is 11.8 Å². The Hall–Kier alpha value is -3.41. The number of hydrogen-bond acceptors (Lipinski definition) is 6. The highest BCUT2D eigenvalue weighted by Crippen LogP contribution is 2.47. The monoisotopic (exact) mass is 432 g/mol. The number of aromatic nitrogens is 1. The van der Waals surface area contributed by atoms with Gasteiger partial charge in [-0.3, -0.25) is 14.6 Å². The average Bonchev–Trinajstić information content (AvgIpc) is 2.78. The van der Waals surface area contributed by atoms with Crippen molar-refractivity contribution in [2.75, 3.05) is 7.11 Å². The number of Topliss-reactive ketones (excluding diaryl/α,β-unsaturated/α-hetero) is 1. The minimum absolute atomic E-state index is 0.0382. The number of esters is 1. The molecule has 0 amide bonds. The number of benzene rings is 1. The maximum Gasteiger partial charge on any atom is 0.316 e. The first-order valence-electron chi connectivity index (χ1n) is 10.9. The van der Waals surface area contributed by atoms with Crippen LogP contribution in [0.3, 0.4) is 0 Å². The van der Waals surface area contributed by atoms with Crippen LogP contribution in [0.25, 0.3) is 0 Å². The van der Waals surface area contributed by atoms with Crippen LogP contribution in [0.2, 0.25) is 0 Å². The summed E-state index contributed by atoms with van der Waals surface area (Å²) in [5, 5.41) is 3.30. The van der Waals surface area contributed by atoms with E-state index < -0.39 is 11.8 Å². The summed E-state index contributed by atoms with van der Waals surface area (Å²) >= 11 is 0. The molecule has 2 aromatic rings. The van der Waals surface area contributed by atoms with Gasteiger partial charge in [0.1, 0.15) is 11.7 Å². The van der Waals surface area contributed by atoms with Crippen molar-refractivity contribution < 1.29 is 19.1 Å². The van der Waals surface area contributed by atoms with Gasteiger partial charge < -0.3 is 14.8 Å². The minimum atomic E-state index is -0.681. The predicted molar refractivity (Wildman–Crippen MR) is 121 cm³/mol. The third-order valence-electron chi connectivity index (χ3n) is 6.10. The van der Waals surface area contributed by atoms with E-state index in [0.29, 0.717) is 24.1 Å². The Kier molecular flexibility index (Phi) is 6.12. The zero-order valence-electron chi connectivity index (χ0n) is 18.6. The van der Waals surface area contributed by atoms with Crippen LogP contribution in [0, 0.1) is 5.92 Å². The van der Waals surface area contributed by atoms with Crippen molar-refractivity contribution in [1.29, 1.82) is 0 Å². The fourth-order valence-electron chi connectivity index (χ4n) is 4.68. The van der Waals surface area contributed by atoms with E-state index in [-0.39, 0.29) is 23.8 Å². The topological polar surface area (TPSA) is 77.5 Å². The number of ketones is 1.